The minimum atomic E-state index is -0.412. The summed E-state index contributed by atoms with van der Waals surface area (Å²) in [5.41, 5.74) is 3.03. The van der Waals surface area contributed by atoms with Crippen LogP contribution in [0.4, 0.5) is 4.39 Å². The average molecular weight is 322 g/mol. The molecule has 2 aromatic rings. The normalized spacial score (nSPS) is 10.6. The monoisotopic (exact) mass is 321 g/mol. The molecule has 0 unspecified atom stereocenters. The van der Waals surface area contributed by atoms with Crippen LogP contribution >= 0.6 is 15.9 Å². The van der Waals surface area contributed by atoms with Crippen LogP contribution in [0.3, 0.4) is 0 Å². The van der Waals surface area contributed by atoms with Gasteiger partial charge in [0.1, 0.15) is 5.82 Å². The molecular weight excluding hydrogens is 313 g/mol. The predicted molar refractivity (Wildman–Crippen MR) is 73.4 cm³/mol. The molecule has 1 aromatic heterocycles. The number of carbonyl (C=O) groups is 1. The van der Waals surface area contributed by atoms with E-state index in [1.165, 1.54) is 24.7 Å². The van der Waals surface area contributed by atoms with Gasteiger partial charge in [-0.3, -0.25) is 9.78 Å². The van der Waals surface area contributed by atoms with Gasteiger partial charge in [0.25, 0.3) is 5.91 Å². The maximum atomic E-state index is 13.4. The lowest BCUT2D eigenvalue weighted by atomic mass is 10.2. The SMILES string of the molecule is O=C(N/N=C\c1cc(Br)ccc1F)c1ccncc1. The number of nitrogens with one attached hydrogen (secondary N) is 1. The van der Waals surface area contributed by atoms with Gasteiger partial charge in [-0.15, -0.1) is 0 Å². The topological polar surface area (TPSA) is 54.4 Å². The molecule has 1 heterocycles. The number of rotatable bonds is 3. The van der Waals surface area contributed by atoms with E-state index < -0.39 is 5.82 Å². The predicted octanol–water partition coefficient (Wildman–Crippen LogP) is 2.75. The van der Waals surface area contributed by atoms with Gasteiger partial charge in [0.15, 0.2) is 0 Å². The largest absolute Gasteiger partial charge is 0.271 e. The van der Waals surface area contributed by atoms with Crippen LogP contribution in [0.5, 0.6) is 0 Å². The summed E-state index contributed by atoms with van der Waals surface area (Å²) in [7, 11) is 0. The second-order valence-corrected chi connectivity index (χ2v) is 4.52. The molecule has 0 aliphatic heterocycles. The van der Waals surface area contributed by atoms with Crippen LogP contribution in [-0.4, -0.2) is 17.1 Å². The van der Waals surface area contributed by atoms with Crippen LogP contribution in [-0.2, 0) is 0 Å². The van der Waals surface area contributed by atoms with Crippen molar-refractivity contribution >= 4 is 28.1 Å². The summed E-state index contributed by atoms with van der Waals surface area (Å²) in [6.07, 6.45) is 4.26. The van der Waals surface area contributed by atoms with Gasteiger partial charge >= 0.3 is 0 Å². The fourth-order valence-corrected chi connectivity index (χ4v) is 1.72. The molecular formula is C13H9BrFN3O. The van der Waals surface area contributed by atoms with E-state index in [9.17, 15) is 9.18 Å². The van der Waals surface area contributed by atoms with Gasteiger partial charge in [0, 0.05) is 28.0 Å². The maximum Gasteiger partial charge on any atom is 0.271 e. The lowest BCUT2D eigenvalue weighted by Gasteiger charge is -1.99. The number of hydrazone groups is 1. The Balaban J connectivity index is 2.04. The summed E-state index contributed by atoms with van der Waals surface area (Å²) < 4.78 is 14.1. The number of amides is 1. The number of carbonyl (C=O) groups excluding carboxylic acids is 1. The van der Waals surface area contributed by atoms with Crippen LogP contribution in [0, 0.1) is 5.82 Å². The third kappa shape index (κ3) is 3.69. The first-order chi connectivity index (χ1) is 9.16. The highest BCUT2D eigenvalue weighted by Crippen LogP contribution is 2.13. The summed E-state index contributed by atoms with van der Waals surface area (Å²) >= 11 is 3.23. The highest BCUT2D eigenvalue weighted by Gasteiger charge is 2.03. The van der Waals surface area contributed by atoms with Gasteiger partial charge in [-0.2, -0.15) is 5.10 Å². The molecule has 1 N–H and O–H groups in total. The van der Waals surface area contributed by atoms with Crippen LogP contribution in [0.2, 0.25) is 0 Å². The Hall–Kier alpha value is -2.08. The van der Waals surface area contributed by atoms with Crippen molar-refractivity contribution in [2.75, 3.05) is 0 Å². The molecule has 0 spiro atoms. The number of pyridine rings is 1. The summed E-state index contributed by atoms with van der Waals surface area (Å²) in [4.78, 5) is 15.4. The van der Waals surface area contributed by atoms with E-state index in [4.69, 9.17) is 0 Å². The van der Waals surface area contributed by atoms with E-state index >= 15 is 0 Å². The van der Waals surface area contributed by atoms with Gasteiger partial charge in [-0.05, 0) is 30.3 Å². The summed E-state index contributed by atoms with van der Waals surface area (Å²) in [5.74, 6) is -0.792. The maximum absolute atomic E-state index is 13.4. The van der Waals surface area contributed by atoms with Gasteiger partial charge in [-0.25, -0.2) is 9.82 Å². The van der Waals surface area contributed by atoms with E-state index in [-0.39, 0.29) is 11.5 Å². The van der Waals surface area contributed by atoms with E-state index in [0.29, 0.717) is 5.56 Å². The van der Waals surface area contributed by atoms with Gasteiger partial charge in [0.05, 0.1) is 6.21 Å². The van der Waals surface area contributed by atoms with Crippen molar-refractivity contribution < 1.29 is 9.18 Å². The van der Waals surface area contributed by atoms with E-state index in [2.05, 4.69) is 31.4 Å². The molecule has 1 amide bonds. The molecule has 0 saturated carbocycles. The van der Waals surface area contributed by atoms with Crippen molar-refractivity contribution in [2.45, 2.75) is 0 Å². The van der Waals surface area contributed by atoms with Crippen LogP contribution in [0.15, 0.2) is 52.3 Å². The third-order valence-electron chi connectivity index (χ3n) is 2.27. The molecule has 0 bridgehead atoms. The molecule has 1 aromatic carbocycles. The van der Waals surface area contributed by atoms with Gasteiger partial charge in [-0.1, -0.05) is 15.9 Å². The highest BCUT2D eigenvalue weighted by atomic mass is 79.9. The first kappa shape index (κ1) is 13.4. The number of hydrogen-bond donors (Lipinski definition) is 1. The lowest BCUT2D eigenvalue weighted by molar-refractivity contribution is 0.0955. The number of halogens is 2. The number of benzene rings is 1. The average Bonchev–Trinajstić information content (AvgIpc) is 2.43. The standard InChI is InChI=1S/C13H9BrFN3O/c14-11-1-2-12(15)10(7-11)8-17-18-13(19)9-3-5-16-6-4-9/h1-8H,(H,18,19)/b17-8-. The van der Waals surface area contributed by atoms with E-state index in [1.807, 2.05) is 0 Å². The number of nitrogens with zero attached hydrogens (tertiary/aromatic N) is 2. The third-order valence-corrected chi connectivity index (χ3v) is 2.76. The Morgan fingerprint density at radius 1 is 1.32 bits per heavy atom. The second-order valence-electron chi connectivity index (χ2n) is 3.60. The number of hydrogen-bond acceptors (Lipinski definition) is 3. The van der Waals surface area contributed by atoms with Crippen molar-refractivity contribution in [3.63, 3.8) is 0 Å². The Morgan fingerprint density at radius 3 is 2.79 bits per heavy atom. The molecule has 0 radical (unpaired) electrons. The summed E-state index contributed by atoms with van der Waals surface area (Å²) in [6.45, 7) is 0. The first-order valence-electron chi connectivity index (χ1n) is 5.35. The van der Waals surface area contributed by atoms with Crippen molar-refractivity contribution in [3.8, 4) is 0 Å². The van der Waals surface area contributed by atoms with E-state index in [1.54, 1.807) is 24.3 Å². The zero-order valence-electron chi connectivity index (χ0n) is 9.68. The van der Waals surface area contributed by atoms with Gasteiger partial charge < -0.3 is 0 Å². The first-order valence-corrected chi connectivity index (χ1v) is 6.14. The molecule has 0 aliphatic rings. The van der Waals surface area contributed by atoms with Crippen LogP contribution in [0.1, 0.15) is 15.9 Å². The molecule has 0 atom stereocenters. The highest BCUT2D eigenvalue weighted by molar-refractivity contribution is 9.10. The van der Waals surface area contributed by atoms with Crippen molar-refractivity contribution in [1.82, 2.24) is 10.4 Å². The second kappa shape index (κ2) is 6.19. The molecule has 96 valence electrons. The van der Waals surface area contributed by atoms with Crippen molar-refractivity contribution in [1.29, 1.82) is 0 Å². The number of aromatic nitrogens is 1. The summed E-state index contributed by atoms with van der Waals surface area (Å²) in [5, 5.41) is 3.71. The van der Waals surface area contributed by atoms with E-state index in [0.717, 1.165) is 4.47 Å². The minimum Gasteiger partial charge on any atom is -0.267 e. The molecule has 2 rings (SSSR count). The Labute approximate surface area is 117 Å². The fourth-order valence-electron chi connectivity index (χ4n) is 1.34. The smallest absolute Gasteiger partial charge is 0.267 e. The zero-order chi connectivity index (χ0) is 13.7. The molecule has 0 saturated heterocycles. The molecule has 0 fully saturated rings. The quantitative estimate of drug-likeness (QED) is 0.698. The molecule has 0 aliphatic carbocycles. The minimum absolute atomic E-state index is 0.282. The van der Waals surface area contributed by atoms with Crippen LogP contribution < -0.4 is 5.43 Å². The Bertz CT molecular complexity index is 617. The fraction of sp³-hybridized carbons (Fsp3) is 0. The Kier molecular flexibility index (Phi) is 4.35. The Morgan fingerprint density at radius 2 is 2.05 bits per heavy atom. The van der Waals surface area contributed by atoms with Gasteiger partial charge in [0.2, 0.25) is 0 Å². The molecule has 19 heavy (non-hydrogen) atoms. The zero-order valence-corrected chi connectivity index (χ0v) is 11.3. The molecule has 6 heteroatoms. The van der Waals surface area contributed by atoms with Crippen molar-refractivity contribution in [3.05, 3.63) is 64.1 Å². The van der Waals surface area contributed by atoms with Crippen LogP contribution in [0.25, 0.3) is 0 Å². The molecule has 4 nitrogen and oxygen atoms in total. The van der Waals surface area contributed by atoms with Crippen molar-refractivity contribution in [2.24, 2.45) is 5.10 Å². The summed E-state index contributed by atoms with van der Waals surface area (Å²) in [6, 6.07) is 7.59. The lowest BCUT2D eigenvalue weighted by Crippen LogP contribution is -2.17.